The molecular formula is C27H57NO6P+. The highest BCUT2D eigenvalue weighted by molar-refractivity contribution is 7.40. The lowest BCUT2D eigenvalue weighted by Crippen LogP contribution is -2.37. The van der Waals surface area contributed by atoms with Gasteiger partial charge in [-0.25, -0.2) is 0 Å². The molecule has 1 N–H and O–H groups in total. The molecule has 3 unspecified atom stereocenters. The molecule has 0 fully saturated rings. The Balaban J connectivity index is 3.79. The van der Waals surface area contributed by atoms with E-state index < -0.39 is 26.8 Å². The Labute approximate surface area is 217 Å². The molecule has 0 saturated carbocycles. The Bertz CT molecular complexity index is 489. The molecule has 0 aliphatic carbocycles. The van der Waals surface area contributed by atoms with Gasteiger partial charge in [0.1, 0.15) is 19.3 Å². The first-order chi connectivity index (χ1) is 16.7. The van der Waals surface area contributed by atoms with Crippen molar-refractivity contribution in [1.82, 2.24) is 0 Å². The van der Waals surface area contributed by atoms with Crippen LogP contribution in [0.3, 0.4) is 0 Å². The van der Waals surface area contributed by atoms with Gasteiger partial charge in [-0.1, -0.05) is 90.4 Å². The molecule has 0 radical (unpaired) electrons. The Morgan fingerprint density at radius 2 is 1.31 bits per heavy atom. The normalized spacial score (nSPS) is 14.6. The number of likely N-dealkylation sites (N-methyl/N-ethyl adjacent to an activating group) is 1. The van der Waals surface area contributed by atoms with Crippen LogP contribution in [0.4, 0.5) is 0 Å². The summed E-state index contributed by atoms with van der Waals surface area (Å²) >= 11 is 0. The number of ether oxygens (including phenoxy) is 2. The molecule has 0 heterocycles. The third-order valence-electron chi connectivity index (χ3n) is 5.99. The van der Waals surface area contributed by atoms with E-state index >= 15 is 0 Å². The van der Waals surface area contributed by atoms with Gasteiger partial charge >= 0.3 is 14.6 Å². The van der Waals surface area contributed by atoms with E-state index in [1.165, 1.54) is 84.0 Å². The van der Waals surface area contributed by atoms with Crippen LogP contribution < -0.4 is 0 Å². The Hall–Kier alpha value is -0.300. The van der Waals surface area contributed by atoms with Crippen LogP contribution >= 0.6 is 8.60 Å². The van der Waals surface area contributed by atoms with Gasteiger partial charge in [0, 0.05) is 13.5 Å². The molecule has 0 rings (SSSR count). The van der Waals surface area contributed by atoms with Crippen LogP contribution in [0.1, 0.15) is 111 Å². The third kappa shape index (κ3) is 25.1. The predicted octanol–water partition coefficient (Wildman–Crippen LogP) is 6.76. The van der Waals surface area contributed by atoms with Crippen LogP contribution in [-0.4, -0.2) is 75.1 Å². The number of esters is 1. The topological polar surface area (TPSA) is 74.2 Å². The minimum atomic E-state index is -2.03. The van der Waals surface area contributed by atoms with E-state index in [0.717, 1.165) is 23.9 Å². The number of rotatable bonds is 25. The lowest BCUT2D eigenvalue weighted by atomic mass is 10.0. The van der Waals surface area contributed by atoms with Gasteiger partial charge in [0.25, 0.3) is 0 Å². The van der Waals surface area contributed by atoms with Crippen molar-refractivity contribution < 1.29 is 32.7 Å². The second-order valence-corrected chi connectivity index (χ2v) is 11.7. The van der Waals surface area contributed by atoms with Gasteiger partial charge in [-0.3, -0.25) is 4.79 Å². The highest BCUT2D eigenvalue weighted by Gasteiger charge is 2.25. The van der Waals surface area contributed by atoms with Crippen LogP contribution in [0.5, 0.6) is 0 Å². The standard InChI is InChI=1S/C27H57NO6P/c1-7-8-9-10-11-12-13-14-15-16-17-18-19-20-22-31-24-27(33-26(3)29)25(2)34-35(30)32-23-21-28(4,5)6/h25,27,30H,7-24H2,1-6H3/q+1. The van der Waals surface area contributed by atoms with Crippen LogP contribution in [0.15, 0.2) is 0 Å². The van der Waals surface area contributed by atoms with Crippen LogP contribution in [0, 0.1) is 0 Å². The molecule has 210 valence electrons. The van der Waals surface area contributed by atoms with Crippen molar-refractivity contribution in [2.45, 2.75) is 123 Å². The summed E-state index contributed by atoms with van der Waals surface area (Å²) in [7, 11) is 4.14. The SMILES string of the molecule is CCCCCCCCCCCCCCCCOCC(OC(C)=O)C(C)OP(O)OCC[N+](C)(C)C. The monoisotopic (exact) mass is 522 g/mol. The van der Waals surface area contributed by atoms with E-state index in [9.17, 15) is 9.69 Å². The van der Waals surface area contributed by atoms with E-state index in [4.69, 9.17) is 18.5 Å². The van der Waals surface area contributed by atoms with Gasteiger partial charge in [0.2, 0.25) is 0 Å². The maximum absolute atomic E-state index is 11.5. The summed E-state index contributed by atoms with van der Waals surface area (Å²) in [6.07, 6.45) is 17.4. The van der Waals surface area contributed by atoms with Crippen molar-refractivity contribution in [2.75, 3.05) is 47.5 Å². The highest BCUT2D eigenvalue weighted by Crippen LogP contribution is 2.35. The third-order valence-corrected chi connectivity index (χ3v) is 6.90. The number of unbranched alkanes of at least 4 members (excludes halogenated alkanes) is 13. The second-order valence-electron chi connectivity index (χ2n) is 10.7. The van der Waals surface area contributed by atoms with Gasteiger partial charge in [-0.15, -0.1) is 0 Å². The van der Waals surface area contributed by atoms with E-state index in [1.807, 2.05) is 0 Å². The zero-order chi connectivity index (χ0) is 26.4. The lowest BCUT2D eigenvalue weighted by molar-refractivity contribution is -0.870. The largest absolute Gasteiger partial charge is 0.457 e. The van der Waals surface area contributed by atoms with Gasteiger partial charge in [-0.05, 0) is 13.3 Å². The fraction of sp³-hybridized carbons (Fsp3) is 0.963. The quantitative estimate of drug-likeness (QED) is 0.0618. The number of hydrogen-bond donors (Lipinski definition) is 1. The van der Waals surface area contributed by atoms with Gasteiger partial charge in [0.15, 0.2) is 6.10 Å². The molecule has 0 amide bonds. The highest BCUT2D eigenvalue weighted by atomic mass is 31.2. The van der Waals surface area contributed by atoms with Crippen molar-refractivity contribution >= 4 is 14.6 Å². The van der Waals surface area contributed by atoms with Crippen LogP contribution in [-0.2, 0) is 23.3 Å². The molecule has 0 aliphatic rings. The van der Waals surface area contributed by atoms with Crippen molar-refractivity contribution in [3.63, 3.8) is 0 Å². The smallest absolute Gasteiger partial charge is 0.330 e. The summed E-state index contributed by atoms with van der Waals surface area (Å²) in [6, 6.07) is 0. The molecule has 0 saturated heterocycles. The minimum Gasteiger partial charge on any atom is -0.457 e. The molecule has 35 heavy (non-hydrogen) atoms. The number of nitrogens with zero attached hydrogens (tertiary/aromatic N) is 1. The first-order valence-electron chi connectivity index (χ1n) is 14.0. The summed E-state index contributed by atoms with van der Waals surface area (Å²) < 4.78 is 22.8. The van der Waals surface area contributed by atoms with Gasteiger partial charge in [0.05, 0.1) is 27.7 Å². The minimum absolute atomic E-state index is 0.251. The fourth-order valence-corrected chi connectivity index (χ4v) is 4.43. The lowest BCUT2D eigenvalue weighted by Gasteiger charge is -2.26. The molecule has 0 aromatic heterocycles. The molecule has 8 heteroatoms. The summed E-state index contributed by atoms with van der Waals surface area (Å²) in [6.45, 7) is 7.44. The molecule has 0 aliphatic heterocycles. The summed E-state index contributed by atoms with van der Waals surface area (Å²) in [4.78, 5) is 21.5. The van der Waals surface area contributed by atoms with Crippen molar-refractivity contribution in [3.8, 4) is 0 Å². The average Bonchev–Trinajstić information content (AvgIpc) is 2.76. The predicted molar refractivity (Wildman–Crippen MR) is 145 cm³/mol. The maximum atomic E-state index is 11.5. The number of quaternary nitrogens is 1. The van der Waals surface area contributed by atoms with Gasteiger partial charge in [-0.2, -0.15) is 0 Å². The molecule has 0 aromatic rings. The summed E-state index contributed by atoms with van der Waals surface area (Å²) in [5, 5.41) is 0. The molecular weight excluding hydrogens is 465 g/mol. The number of carbonyl (C=O) groups is 1. The molecule has 0 aromatic carbocycles. The zero-order valence-electron chi connectivity index (χ0n) is 23.8. The summed E-state index contributed by atoms with van der Waals surface area (Å²) in [5.74, 6) is -0.390. The average molecular weight is 523 g/mol. The first-order valence-corrected chi connectivity index (χ1v) is 15.1. The van der Waals surface area contributed by atoms with Crippen LogP contribution in [0.25, 0.3) is 0 Å². The Morgan fingerprint density at radius 1 is 0.829 bits per heavy atom. The number of hydrogen-bond acceptors (Lipinski definition) is 6. The fourth-order valence-electron chi connectivity index (χ4n) is 3.71. The first kappa shape index (κ1) is 34.7. The molecule has 0 spiro atoms. The van der Waals surface area contributed by atoms with E-state index in [-0.39, 0.29) is 6.61 Å². The molecule has 3 atom stereocenters. The maximum Gasteiger partial charge on any atom is 0.330 e. The van der Waals surface area contributed by atoms with E-state index in [1.54, 1.807) is 6.92 Å². The molecule has 0 bridgehead atoms. The zero-order valence-corrected chi connectivity index (χ0v) is 24.7. The van der Waals surface area contributed by atoms with E-state index in [0.29, 0.717) is 13.2 Å². The van der Waals surface area contributed by atoms with Crippen molar-refractivity contribution in [3.05, 3.63) is 0 Å². The number of carbonyl (C=O) groups excluding carboxylic acids is 1. The van der Waals surface area contributed by atoms with Gasteiger partial charge < -0.3 is 27.9 Å². The summed E-state index contributed by atoms with van der Waals surface area (Å²) in [5.41, 5.74) is 0. The van der Waals surface area contributed by atoms with Crippen molar-refractivity contribution in [2.24, 2.45) is 0 Å². The molecule has 7 nitrogen and oxygen atoms in total. The van der Waals surface area contributed by atoms with Crippen LogP contribution in [0.2, 0.25) is 0 Å². The Kier molecular flexibility index (Phi) is 22.7. The van der Waals surface area contributed by atoms with Crippen molar-refractivity contribution in [1.29, 1.82) is 0 Å². The second kappa shape index (κ2) is 22.9. The Morgan fingerprint density at radius 3 is 1.77 bits per heavy atom. The van der Waals surface area contributed by atoms with E-state index in [2.05, 4.69) is 28.1 Å².